The van der Waals surface area contributed by atoms with Gasteiger partial charge in [0, 0.05) is 6.42 Å². The van der Waals surface area contributed by atoms with Crippen LogP contribution < -0.4 is 11.5 Å². The maximum Gasteiger partial charge on any atom is 0.320 e. The number of carbonyl (C=O) groups is 2. The van der Waals surface area contributed by atoms with Crippen LogP contribution in [-0.4, -0.2) is 45.9 Å². The molecule has 0 rings (SSSR count). The number of hydrogen-bond acceptors (Lipinski definition) is 5. The number of hydrogen-bond donors (Lipinski definition) is 5. The van der Waals surface area contributed by atoms with E-state index in [0.717, 1.165) is 64.2 Å². The summed E-state index contributed by atoms with van der Waals surface area (Å²) in [7, 11) is 0. The molecule has 0 saturated heterocycles. The monoisotopic (exact) mass is 468 g/mol. The maximum atomic E-state index is 10.3. The molecule has 0 radical (unpaired) electrons. The molecule has 7 nitrogen and oxygen atoms in total. The minimum Gasteiger partial charge on any atom is -0.481 e. The quantitative estimate of drug-likeness (QED) is 0.0965. The summed E-state index contributed by atoms with van der Waals surface area (Å²) in [6.07, 6.45) is 24.6. The molecule has 0 saturated carbocycles. The second kappa shape index (κ2) is 26.3. The summed E-state index contributed by atoms with van der Waals surface area (Å²) >= 11 is 0. The van der Waals surface area contributed by atoms with Gasteiger partial charge < -0.3 is 26.8 Å². The van der Waals surface area contributed by atoms with Crippen molar-refractivity contribution in [1.82, 2.24) is 0 Å². The molecule has 0 aliphatic rings. The molecular formula is C26H48N2O5. The van der Waals surface area contributed by atoms with Gasteiger partial charge in [0.05, 0.1) is 6.10 Å². The van der Waals surface area contributed by atoms with Gasteiger partial charge in [-0.25, -0.2) is 0 Å². The van der Waals surface area contributed by atoms with E-state index in [1.165, 1.54) is 12.8 Å². The molecule has 7 N–H and O–H groups in total. The van der Waals surface area contributed by atoms with Crippen molar-refractivity contribution in [3.05, 3.63) is 36.5 Å². The van der Waals surface area contributed by atoms with Gasteiger partial charge in [-0.1, -0.05) is 81.9 Å². The van der Waals surface area contributed by atoms with Crippen molar-refractivity contribution in [3.63, 3.8) is 0 Å². The number of aliphatic hydroxyl groups is 1. The van der Waals surface area contributed by atoms with Crippen LogP contribution in [0.5, 0.6) is 0 Å². The molecule has 0 fully saturated rings. The van der Waals surface area contributed by atoms with Crippen LogP contribution in [0.1, 0.15) is 96.8 Å². The first-order valence-electron chi connectivity index (χ1n) is 12.4. The van der Waals surface area contributed by atoms with Crippen LogP contribution in [0.2, 0.25) is 0 Å². The highest BCUT2D eigenvalue weighted by atomic mass is 16.4. The molecular weight excluding hydrogens is 420 g/mol. The Kier molecular flexibility index (Phi) is 26.5. The normalized spacial score (nSPS) is 13.3. The highest BCUT2D eigenvalue weighted by Crippen LogP contribution is 2.06. The average Bonchev–Trinajstić information content (AvgIpc) is 2.77. The van der Waals surface area contributed by atoms with E-state index in [0.29, 0.717) is 19.4 Å². The van der Waals surface area contributed by atoms with E-state index in [2.05, 4.69) is 25.2 Å². The van der Waals surface area contributed by atoms with E-state index < -0.39 is 18.0 Å². The molecule has 192 valence electrons. The topological polar surface area (TPSA) is 147 Å². The van der Waals surface area contributed by atoms with E-state index >= 15 is 0 Å². The van der Waals surface area contributed by atoms with Crippen LogP contribution in [0, 0.1) is 0 Å². The Morgan fingerprint density at radius 1 is 0.848 bits per heavy atom. The van der Waals surface area contributed by atoms with Gasteiger partial charge in [-0.3, -0.25) is 9.59 Å². The molecule has 0 aromatic carbocycles. The van der Waals surface area contributed by atoms with Crippen molar-refractivity contribution in [2.45, 2.75) is 109 Å². The van der Waals surface area contributed by atoms with Crippen LogP contribution in [0.25, 0.3) is 0 Å². The Morgan fingerprint density at radius 3 is 2.18 bits per heavy atom. The third kappa shape index (κ3) is 30.0. The molecule has 7 heteroatoms. The molecule has 0 aliphatic carbocycles. The molecule has 0 aliphatic heterocycles. The average molecular weight is 469 g/mol. The minimum atomic E-state index is -0.933. The zero-order chi connectivity index (χ0) is 25.2. The van der Waals surface area contributed by atoms with E-state index in [1.54, 1.807) is 0 Å². The highest BCUT2D eigenvalue weighted by Gasteiger charge is 2.09. The second-order valence-corrected chi connectivity index (χ2v) is 8.16. The number of nitrogens with two attached hydrogens (primary N) is 2. The minimum absolute atomic E-state index is 0.293. The molecule has 0 aromatic heterocycles. The number of carboxylic acid groups (broad SMARTS) is 2. The molecule has 0 heterocycles. The van der Waals surface area contributed by atoms with Crippen molar-refractivity contribution < 1.29 is 24.9 Å². The van der Waals surface area contributed by atoms with E-state index in [4.69, 9.17) is 21.7 Å². The van der Waals surface area contributed by atoms with Gasteiger partial charge in [-0.2, -0.15) is 0 Å². The number of allylic oxidation sites excluding steroid dienone is 5. The summed E-state index contributed by atoms with van der Waals surface area (Å²) in [6, 6.07) is -0.716. The number of rotatable bonds is 20. The predicted octanol–water partition coefficient (Wildman–Crippen LogP) is 4.94. The third-order valence-electron chi connectivity index (χ3n) is 4.92. The van der Waals surface area contributed by atoms with Crippen molar-refractivity contribution in [2.24, 2.45) is 11.5 Å². The lowest BCUT2D eigenvalue weighted by molar-refractivity contribution is -0.139. The summed E-state index contributed by atoms with van der Waals surface area (Å²) in [4.78, 5) is 20.5. The van der Waals surface area contributed by atoms with Crippen molar-refractivity contribution in [2.75, 3.05) is 6.54 Å². The van der Waals surface area contributed by atoms with Crippen LogP contribution >= 0.6 is 0 Å². The SMILES string of the molecule is CCCCCC(O)/C=C/C=C\C/C=C\CCCCCCC(=O)O.NCCCC[C@H](N)C(=O)O. The lowest BCUT2D eigenvalue weighted by atomic mass is 10.1. The van der Waals surface area contributed by atoms with Gasteiger partial charge in [-0.05, 0) is 51.5 Å². The fraction of sp³-hybridized carbons (Fsp3) is 0.692. The largest absolute Gasteiger partial charge is 0.481 e. The molecule has 0 aromatic rings. The van der Waals surface area contributed by atoms with Crippen LogP contribution in [0.15, 0.2) is 36.5 Å². The number of unbranched alkanes of at least 4 members (excludes halogenated alkanes) is 7. The molecule has 0 bridgehead atoms. The van der Waals surface area contributed by atoms with Gasteiger partial charge in [0.2, 0.25) is 0 Å². The van der Waals surface area contributed by atoms with Crippen LogP contribution in [0.4, 0.5) is 0 Å². The van der Waals surface area contributed by atoms with E-state index in [-0.39, 0.29) is 6.10 Å². The molecule has 0 spiro atoms. The fourth-order valence-corrected chi connectivity index (χ4v) is 2.87. The van der Waals surface area contributed by atoms with E-state index in [1.807, 2.05) is 18.2 Å². The molecule has 1 unspecified atom stereocenters. The van der Waals surface area contributed by atoms with Crippen molar-refractivity contribution in [3.8, 4) is 0 Å². The summed E-state index contributed by atoms with van der Waals surface area (Å²) in [5, 5.41) is 26.5. The Balaban J connectivity index is 0. The first-order valence-corrected chi connectivity index (χ1v) is 12.4. The Labute approximate surface area is 200 Å². The Bertz CT molecular complexity index is 547. The van der Waals surface area contributed by atoms with Gasteiger partial charge in [0.15, 0.2) is 0 Å². The van der Waals surface area contributed by atoms with Gasteiger partial charge in [-0.15, -0.1) is 0 Å². The number of aliphatic hydroxyl groups excluding tert-OH is 1. The van der Waals surface area contributed by atoms with Crippen LogP contribution in [0.3, 0.4) is 0 Å². The number of aliphatic carboxylic acids is 2. The first-order chi connectivity index (χ1) is 15.8. The smallest absolute Gasteiger partial charge is 0.320 e. The highest BCUT2D eigenvalue weighted by molar-refractivity contribution is 5.72. The Morgan fingerprint density at radius 2 is 1.55 bits per heavy atom. The summed E-state index contributed by atoms with van der Waals surface area (Å²) in [5.74, 6) is -1.63. The molecule has 0 amide bonds. The lowest BCUT2D eigenvalue weighted by Gasteiger charge is -2.03. The summed E-state index contributed by atoms with van der Waals surface area (Å²) in [6.45, 7) is 2.77. The zero-order valence-corrected chi connectivity index (χ0v) is 20.5. The maximum absolute atomic E-state index is 10.3. The van der Waals surface area contributed by atoms with Gasteiger partial charge in [0.1, 0.15) is 6.04 Å². The van der Waals surface area contributed by atoms with E-state index in [9.17, 15) is 14.7 Å². The first kappa shape index (κ1) is 33.2. The third-order valence-corrected chi connectivity index (χ3v) is 4.92. The van der Waals surface area contributed by atoms with Gasteiger partial charge >= 0.3 is 11.9 Å². The van der Waals surface area contributed by atoms with Crippen molar-refractivity contribution in [1.29, 1.82) is 0 Å². The lowest BCUT2D eigenvalue weighted by Crippen LogP contribution is -2.29. The Hall–Kier alpha value is -1.96. The fourth-order valence-electron chi connectivity index (χ4n) is 2.87. The number of carboxylic acids is 2. The molecule has 2 atom stereocenters. The second-order valence-electron chi connectivity index (χ2n) is 8.16. The summed E-state index contributed by atoms with van der Waals surface area (Å²) < 4.78 is 0. The molecule has 33 heavy (non-hydrogen) atoms. The van der Waals surface area contributed by atoms with Gasteiger partial charge in [0.25, 0.3) is 0 Å². The zero-order valence-electron chi connectivity index (χ0n) is 20.5. The van der Waals surface area contributed by atoms with Crippen LogP contribution in [-0.2, 0) is 9.59 Å². The van der Waals surface area contributed by atoms with Crippen molar-refractivity contribution >= 4 is 11.9 Å². The predicted molar refractivity (Wildman–Crippen MR) is 136 cm³/mol. The summed E-state index contributed by atoms with van der Waals surface area (Å²) in [5.41, 5.74) is 10.4. The standard InChI is InChI=1S/C20H34O3.C6H14N2O2/c1-2-3-13-16-19(21)17-14-11-9-7-5-4-6-8-10-12-15-18-20(22)23;7-4-2-1-3-5(8)6(9)10/h4-5,9,11,14,17,19,21H,2-3,6-8,10,12-13,15-16,18H2,1H3,(H,22,23);5H,1-4,7-8H2,(H,9,10)/b5-4-,11-9-,17-14+;/t;5-/m.0/s1.